The molecule has 0 amide bonds. The fourth-order valence-electron chi connectivity index (χ4n) is 1.95. The molecule has 0 fully saturated rings. The number of carbonyl (C=O) groups excluding carboxylic acids is 1. The summed E-state index contributed by atoms with van der Waals surface area (Å²) in [5.41, 5.74) is 11.4. The summed E-state index contributed by atoms with van der Waals surface area (Å²) < 4.78 is 0. The predicted octanol–water partition coefficient (Wildman–Crippen LogP) is 7.42. The smallest absolute Gasteiger partial charge is 0.128 e. The van der Waals surface area contributed by atoms with Gasteiger partial charge in [0.05, 0.1) is 5.92 Å². The molecule has 33 heavy (non-hydrogen) atoms. The van der Waals surface area contributed by atoms with Crippen LogP contribution in [0.2, 0.25) is 0 Å². The van der Waals surface area contributed by atoms with Crippen LogP contribution in [0, 0.1) is 5.92 Å². The van der Waals surface area contributed by atoms with Crippen molar-refractivity contribution < 1.29 is 9.90 Å². The van der Waals surface area contributed by atoms with Gasteiger partial charge in [-0.05, 0) is 29.2 Å². The zero-order valence-electron chi connectivity index (χ0n) is 22.6. The standard InChI is InChI=1S/C17H17N.C5H9NO.3C2H6.CH4O/c1-13(2)15-8-10-17(11-9-15)16-6-4-14(5-7-16)12-18-3;1-4(3-7)5(2)6;4*1-2/h4-12H,1H2,2-3H3;3-4H,2,6H2,1H3;3*1-2H3;2H,1H3. The van der Waals surface area contributed by atoms with Crippen molar-refractivity contribution in [2.24, 2.45) is 16.6 Å². The Hall–Kier alpha value is -2.98. The molecule has 0 aromatic heterocycles. The van der Waals surface area contributed by atoms with Gasteiger partial charge in [-0.25, -0.2) is 0 Å². The summed E-state index contributed by atoms with van der Waals surface area (Å²) in [6.45, 7) is 23.0. The van der Waals surface area contributed by atoms with Gasteiger partial charge in [0.1, 0.15) is 6.29 Å². The molecule has 0 bridgehead atoms. The van der Waals surface area contributed by atoms with Crippen molar-refractivity contribution in [2.75, 3.05) is 14.2 Å². The maximum absolute atomic E-state index is 9.81. The summed E-state index contributed by atoms with van der Waals surface area (Å²) >= 11 is 0. The molecule has 0 radical (unpaired) electrons. The quantitative estimate of drug-likeness (QED) is 0.363. The molecular formula is C29H48N2O2. The van der Waals surface area contributed by atoms with E-state index >= 15 is 0 Å². The zero-order chi connectivity index (χ0) is 26.8. The van der Waals surface area contributed by atoms with Gasteiger partial charge < -0.3 is 15.6 Å². The SMILES string of the molecule is C=C(C)c1ccc(-c2ccc(C=NC)cc2)cc1.C=C(N)C(C)C=O.CC.CC.CC.CO. The first-order valence-corrected chi connectivity index (χ1v) is 11.5. The summed E-state index contributed by atoms with van der Waals surface area (Å²) in [6.07, 6.45) is 2.62. The number of benzene rings is 2. The Morgan fingerprint density at radius 2 is 1.24 bits per heavy atom. The highest BCUT2D eigenvalue weighted by atomic mass is 16.2. The Balaban J connectivity index is -0.000000236. The van der Waals surface area contributed by atoms with Crippen molar-refractivity contribution in [3.8, 4) is 11.1 Å². The lowest BCUT2D eigenvalue weighted by Crippen LogP contribution is -2.07. The highest BCUT2D eigenvalue weighted by molar-refractivity contribution is 5.81. The van der Waals surface area contributed by atoms with Crippen LogP contribution in [0.3, 0.4) is 0 Å². The third-order valence-electron chi connectivity index (χ3n) is 3.69. The van der Waals surface area contributed by atoms with Gasteiger partial charge in [0.15, 0.2) is 0 Å². The largest absolute Gasteiger partial charge is 0.402 e. The lowest BCUT2D eigenvalue weighted by molar-refractivity contribution is -0.109. The van der Waals surface area contributed by atoms with Gasteiger partial charge in [-0.1, -0.05) is 116 Å². The minimum Gasteiger partial charge on any atom is -0.402 e. The predicted molar refractivity (Wildman–Crippen MR) is 151 cm³/mol. The van der Waals surface area contributed by atoms with Gasteiger partial charge in [-0.2, -0.15) is 0 Å². The van der Waals surface area contributed by atoms with Crippen LogP contribution < -0.4 is 5.73 Å². The van der Waals surface area contributed by atoms with Crippen LogP contribution in [0.25, 0.3) is 16.7 Å². The molecule has 4 heteroatoms. The molecule has 2 aromatic rings. The summed E-state index contributed by atoms with van der Waals surface area (Å²) in [5.74, 6) is -0.194. The van der Waals surface area contributed by atoms with E-state index in [1.165, 1.54) is 16.7 Å². The first-order chi connectivity index (χ1) is 15.9. The van der Waals surface area contributed by atoms with Gasteiger partial charge in [0.2, 0.25) is 0 Å². The van der Waals surface area contributed by atoms with Crippen LogP contribution >= 0.6 is 0 Å². The van der Waals surface area contributed by atoms with E-state index in [2.05, 4.69) is 66.7 Å². The lowest BCUT2D eigenvalue weighted by Gasteiger charge is -2.04. The molecule has 0 heterocycles. The monoisotopic (exact) mass is 456 g/mol. The first kappa shape index (κ1) is 37.3. The van der Waals surface area contributed by atoms with Crippen molar-refractivity contribution in [3.05, 3.63) is 78.5 Å². The topological polar surface area (TPSA) is 75.7 Å². The van der Waals surface area contributed by atoms with E-state index in [1.807, 2.05) is 54.7 Å². The van der Waals surface area contributed by atoms with Crippen LogP contribution in [-0.4, -0.2) is 31.8 Å². The second-order valence-corrected chi connectivity index (χ2v) is 5.87. The van der Waals surface area contributed by atoms with Crippen LogP contribution in [0.1, 0.15) is 66.5 Å². The lowest BCUT2D eigenvalue weighted by atomic mass is 10.0. The molecule has 2 rings (SSSR count). The molecule has 186 valence electrons. The average molecular weight is 457 g/mol. The number of hydrogen-bond donors (Lipinski definition) is 2. The maximum atomic E-state index is 9.81. The van der Waals surface area contributed by atoms with E-state index in [4.69, 9.17) is 10.8 Å². The molecule has 1 atom stereocenters. The molecule has 2 aromatic carbocycles. The van der Waals surface area contributed by atoms with Crippen LogP contribution in [0.4, 0.5) is 0 Å². The summed E-state index contributed by atoms with van der Waals surface area (Å²) in [4.78, 5) is 13.8. The Morgan fingerprint density at radius 1 is 0.879 bits per heavy atom. The van der Waals surface area contributed by atoms with Crippen molar-refractivity contribution in [1.82, 2.24) is 0 Å². The van der Waals surface area contributed by atoms with Crippen LogP contribution in [0.15, 0.2) is 72.4 Å². The molecular weight excluding hydrogens is 408 g/mol. The van der Waals surface area contributed by atoms with E-state index < -0.39 is 0 Å². The molecule has 0 aliphatic carbocycles. The summed E-state index contributed by atoms with van der Waals surface area (Å²) in [5, 5.41) is 7.00. The second kappa shape index (κ2) is 27.1. The van der Waals surface area contributed by atoms with Crippen molar-refractivity contribution in [1.29, 1.82) is 0 Å². The second-order valence-electron chi connectivity index (χ2n) is 5.87. The molecule has 0 aliphatic heterocycles. The Labute approximate surface area is 204 Å². The number of allylic oxidation sites excluding steroid dienone is 2. The number of aliphatic hydroxyl groups is 1. The van der Waals surface area contributed by atoms with E-state index in [0.717, 1.165) is 24.5 Å². The number of nitrogens with two attached hydrogens (primary N) is 1. The number of carbonyl (C=O) groups is 1. The number of nitrogens with zero attached hydrogens (tertiary/aromatic N) is 1. The number of aliphatic imine (C=N–C) groups is 1. The molecule has 0 saturated heterocycles. The number of aldehydes is 1. The maximum Gasteiger partial charge on any atom is 0.128 e. The third-order valence-corrected chi connectivity index (χ3v) is 3.69. The fourth-order valence-corrected chi connectivity index (χ4v) is 1.95. The Kier molecular flexibility index (Phi) is 30.6. The first-order valence-electron chi connectivity index (χ1n) is 11.5. The molecule has 0 spiro atoms. The number of hydrogen-bond acceptors (Lipinski definition) is 4. The minimum atomic E-state index is -0.194. The van der Waals surface area contributed by atoms with Gasteiger partial charge >= 0.3 is 0 Å². The zero-order valence-corrected chi connectivity index (χ0v) is 22.6. The highest BCUT2D eigenvalue weighted by Gasteiger charge is 1.99. The van der Waals surface area contributed by atoms with Gasteiger partial charge in [-0.15, -0.1) is 0 Å². The molecule has 1 unspecified atom stereocenters. The highest BCUT2D eigenvalue weighted by Crippen LogP contribution is 2.22. The van der Waals surface area contributed by atoms with Crippen molar-refractivity contribution in [2.45, 2.75) is 55.4 Å². The van der Waals surface area contributed by atoms with Gasteiger partial charge in [-0.3, -0.25) is 4.99 Å². The van der Waals surface area contributed by atoms with E-state index in [9.17, 15) is 4.79 Å². The third kappa shape index (κ3) is 18.3. The fraction of sp³-hybridized carbons (Fsp3) is 0.379. The van der Waals surface area contributed by atoms with Gasteiger partial charge in [0.25, 0.3) is 0 Å². The van der Waals surface area contributed by atoms with E-state index in [-0.39, 0.29) is 5.92 Å². The average Bonchev–Trinajstić information content (AvgIpc) is 2.89. The molecule has 3 N–H and O–H groups in total. The Bertz CT molecular complexity index is 746. The molecule has 0 aliphatic rings. The Morgan fingerprint density at radius 3 is 1.48 bits per heavy atom. The van der Waals surface area contributed by atoms with Crippen molar-refractivity contribution in [3.63, 3.8) is 0 Å². The van der Waals surface area contributed by atoms with Gasteiger partial charge in [0, 0.05) is 26.1 Å². The molecule has 0 saturated carbocycles. The summed E-state index contributed by atoms with van der Waals surface area (Å²) in [7, 11) is 2.78. The van der Waals surface area contributed by atoms with Crippen LogP contribution in [-0.2, 0) is 4.79 Å². The number of aliphatic hydroxyl groups excluding tert-OH is 1. The van der Waals surface area contributed by atoms with Crippen LogP contribution in [0.5, 0.6) is 0 Å². The van der Waals surface area contributed by atoms with E-state index in [1.54, 1.807) is 14.0 Å². The number of rotatable bonds is 5. The van der Waals surface area contributed by atoms with E-state index in [0.29, 0.717) is 5.70 Å². The normalized spacial score (nSPS) is 9.30. The molecule has 4 nitrogen and oxygen atoms in total. The summed E-state index contributed by atoms with van der Waals surface area (Å²) in [6, 6.07) is 16.9. The van der Waals surface area contributed by atoms with Crippen molar-refractivity contribution >= 4 is 18.1 Å². The minimum absolute atomic E-state index is 0.194.